The van der Waals surface area contributed by atoms with Crippen molar-refractivity contribution < 1.29 is 28.5 Å². The molecule has 1 aliphatic rings. The summed E-state index contributed by atoms with van der Waals surface area (Å²) in [5.74, 6) is -0.415. The summed E-state index contributed by atoms with van der Waals surface area (Å²) < 4.78 is 21.2. The third kappa shape index (κ3) is 4.26. The van der Waals surface area contributed by atoms with Crippen LogP contribution in [0.25, 0.3) is 0 Å². The lowest BCUT2D eigenvalue weighted by molar-refractivity contribution is -0.150. The van der Waals surface area contributed by atoms with Gasteiger partial charge in [-0.05, 0) is 13.0 Å². The van der Waals surface area contributed by atoms with Crippen LogP contribution >= 0.6 is 0 Å². The second-order valence-electron chi connectivity index (χ2n) is 5.53. The fraction of sp³-hybridized carbons (Fsp3) is 0.444. The zero-order chi connectivity index (χ0) is 19.1. The molecule has 2 atom stereocenters. The molecule has 2 N–H and O–H groups in total. The Hall–Kier alpha value is -2.74. The van der Waals surface area contributed by atoms with Gasteiger partial charge in [-0.2, -0.15) is 0 Å². The van der Waals surface area contributed by atoms with Gasteiger partial charge in [-0.25, -0.2) is 4.79 Å². The predicted molar refractivity (Wildman–Crippen MR) is 94.0 cm³/mol. The number of benzene rings is 1. The summed E-state index contributed by atoms with van der Waals surface area (Å²) >= 11 is 0. The number of carbonyl (C=O) groups is 2. The number of carbonyl (C=O) groups excluding carboxylic acids is 2. The van der Waals surface area contributed by atoms with E-state index in [1.165, 1.54) is 14.2 Å². The lowest BCUT2D eigenvalue weighted by Crippen LogP contribution is -2.51. The number of hydrogen-bond acceptors (Lipinski definition) is 6. The zero-order valence-corrected chi connectivity index (χ0v) is 15.2. The van der Waals surface area contributed by atoms with Crippen molar-refractivity contribution in [3.63, 3.8) is 0 Å². The minimum atomic E-state index is -0.824. The summed E-state index contributed by atoms with van der Waals surface area (Å²) in [7, 11) is 3.01. The predicted octanol–water partition coefficient (Wildman–Crippen LogP) is 1.77. The first-order chi connectivity index (χ1) is 12.5. The minimum Gasteiger partial charge on any atom is -0.493 e. The molecule has 1 aliphatic heterocycles. The van der Waals surface area contributed by atoms with Gasteiger partial charge in [0, 0.05) is 17.9 Å². The molecule has 0 aliphatic carbocycles. The molecule has 8 nitrogen and oxygen atoms in total. The van der Waals surface area contributed by atoms with Crippen molar-refractivity contribution in [3.8, 4) is 11.5 Å². The van der Waals surface area contributed by atoms with Crippen LogP contribution in [0, 0.1) is 5.92 Å². The summed E-state index contributed by atoms with van der Waals surface area (Å²) in [6.07, 6.45) is 0. The van der Waals surface area contributed by atoms with Gasteiger partial charge in [-0.15, -0.1) is 0 Å². The van der Waals surface area contributed by atoms with Gasteiger partial charge in [0.2, 0.25) is 0 Å². The minimum absolute atomic E-state index is 0.117. The Kier molecular flexibility index (Phi) is 6.85. The van der Waals surface area contributed by atoms with Crippen LogP contribution in [0.15, 0.2) is 30.5 Å². The van der Waals surface area contributed by atoms with Crippen molar-refractivity contribution >= 4 is 12.0 Å². The number of urea groups is 1. The number of hydrogen-bond donors (Lipinski definition) is 2. The van der Waals surface area contributed by atoms with Crippen molar-refractivity contribution in [2.45, 2.75) is 13.0 Å². The number of esters is 1. The van der Waals surface area contributed by atoms with Crippen LogP contribution in [0.5, 0.6) is 11.5 Å². The first-order valence-corrected chi connectivity index (χ1v) is 8.25. The molecule has 0 saturated carbocycles. The van der Waals surface area contributed by atoms with E-state index in [1.807, 2.05) is 6.92 Å². The first kappa shape index (κ1) is 19.6. The Labute approximate surface area is 152 Å². The Morgan fingerprint density at radius 2 is 2.00 bits per heavy atom. The average molecular weight is 364 g/mol. The Morgan fingerprint density at radius 1 is 1.23 bits per heavy atom. The molecule has 0 unspecified atom stereocenters. The number of nitrogens with one attached hydrogen (secondary N) is 2. The highest BCUT2D eigenvalue weighted by atomic mass is 16.6. The second kappa shape index (κ2) is 9.10. The third-order valence-electron chi connectivity index (χ3n) is 3.97. The van der Waals surface area contributed by atoms with Gasteiger partial charge in [0.1, 0.15) is 12.5 Å². The van der Waals surface area contributed by atoms with Crippen LogP contribution in [-0.4, -0.2) is 46.0 Å². The van der Waals surface area contributed by atoms with Crippen LogP contribution in [-0.2, 0) is 14.3 Å². The maximum Gasteiger partial charge on any atom is 0.319 e. The van der Waals surface area contributed by atoms with E-state index in [9.17, 15) is 9.59 Å². The van der Waals surface area contributed by atoms with E-state index < -0.39 is 24.0 Å². The highest BCUT2D eigenvalue weighted by Gasteiger charge is 2.40. The highest BCUT2D eigenvalue weighted by Crippen LogP contribution is 2.40. The van der Waals surface area contributed by atoms with Gasteiger partial charge in [0.25, 0.3) is 0 Å². The molecule has 0 radical (unpaired) electrons. The molecule has 0 aromatic heterocycles. The number of methoxy groups -OCH3 is 2. The maximum absolute atomic E-state index is 12.6. The molecule has 1 fully saturated rings. The quantitative estimate of drug-likeness (QED) is 0.539. The van der Waals surface area contributed by atoms with Crippen LogP contribution < -0.4 is 20.1 Å². The van der Waals surface area contributed by atoms with Crippen LogP contribution in [0.1, 0.15) is 18.5 Å². The molecule has 0 bridgehead atoms. The van der Waals surface area contributed by atoms with Crippen molar-refractivity contribution in [2.24, 2.45) is 5.92 Å². The largest absolute Gasteiger partial charge is 0.493 e. The number of ether oxygens (including phenoxy) is 4. The van der Waals surface area contributed by atoms with Gasteiger partial charge >= 0.3 is 12.0 Å². The number of para-hydroxylation sites is 1. The van der Waals surface area contributed by atoms with Crippen molar-refractivity contribution in [2.75, 3.05) is 34.0 Å². The Balaban J connectivity index is 2.32. The molecule has 2 rings (SSSR count). The van der Waals surface area contributed by atoms with E-state index in [4.69, 9.17) is 18.9 Å². The van der Waals surface area contributed by atoms with E-state index in [-0.39, 0.29) is 12.3 Å². The molecule has 142 valence electrons. The molecule has 26 heavy (non-hydrogen) atoms. The summed E-state index contributed by atoms with van der Waals surface area (Å²) in [6.45, 7) is 6.62. The molecular formula is C18H24N2O6. The molecular weight excluding hydrogens is 340 g/mol. The molecule has 1 aromatic carbocycles. The van der Waals surface area contributed by atoms with E-state index in [1.54, 1.807) is 18.2 Å². The lowest BCUT2D eigenvalue weighted by Gasteiger charge is -2.34. The second-order valence-corrected chi connectivity index (χ2v) is 5.53. The van der Waals surface area contributed by atoms with Gasteiger partial charge in [-0.1, -0.05) is 18.7 Å². The molecule has 0 spiro atoms. The average Bonchev–Trinajstić information content (AvgIpc) is 2.63. The van der Waals surface area contributed by atoms with Crippen LogP contribution in [0.3, 0.4) is 0 Å². The van der Waals surface area contributed by atoms with Crippen molar-refractivity contribution in [3.05, 3.63) is 36.0 Å². The molecule has 1 saturated heterocycles. The fourth-order valence-corrected chi connectivity index (χ4v) is 2.81. The normalized spacial score (nSPS) is 19.3. The van der Waals surface area contributed by atoms with Crippen LogP contribution in [0.4, 0.5) is 4.79 Å². The standard InChI is InChI=1S/C18H24N2O6/c1-5-25-9-10-26-17(21)14-11(2)19-18(22)20-15(14)12-7-6-8-13(23-3)16(12)24-4/h6-8,14-15H,2,5,9-10H2,1,3-4H3,(H2,19,20,22)/t14-,15+/m1/s1. The van der Waals surface area contributed by atoms with E-state index in [0.29, 0.717) is 30.3 Å². The Morgan fingerprint density at radius 3 is 2.65 bits per heavy atom. The molecule has 1 heterocycles. The summed E-state index contributed by atoms with van der Waals surface area (Å²) in [5, 5.41) is 5.27. The van der Waals surface area contributed by atoms with E-state index >= 15 is 0 Å². The van der Waals surface area contributed by atoms with Crippen molar-refractivity contribution in [1.29, 1.82) is 0 Å². The smallest absolute Gasteiger partial charge is 0.319 e. The van der Waals surface area contributed by atoms with Gasteiger partial charge in [-0.3, -0.25) is 4.79 Å². The zero-order valence-electron chi connectivity index (χ0n) is 15.2. The van der Waals surface area contributed by atoms with Crippen molar-refractivity contribution in [1.82, 2.24) is 10.6 Å². The van der Waals surface area contributed by atoms with E-state index in [0.717, 1.165) is 0 Å². The summed E-state index contributed by atoms with van der Waals surface area (Å²) in [6, 6.07) is 4.08. The first-order valence-electron chi connectivity index (χ1n) is 8.25. The van der Waals surface area contributed by atoms with Gasteiger partial charge < -0.3 is 29.6 Å². The topological polar surface area (TPSA) is 95.1 Å². The fourth-order valence-electron chi connectivity index (χ4n) is 2.81. The highest BCUT2D eigenvalue weighted by molar-refractivity contribution is 5.85. The lowest BCUT2D eigenvalue weighted by atomic mass is 9.88. The molecule has 2 amide bonds. The number of amides is 2. The molecule has 8 heteroatoms. The summed E-state index contributed by atoms with van der Waals surface area (Å²) in [5.41, 5.74) is 0.847. The van der Waals surface area contributed by atoms with E-state index in [2.05, 4.69) is 17.2 Å². The Bertz CT molecular complexity index is 676. The van der Waals surface area contributed by atoms with Crippen LogP contribution in [0.2, 0.25) is 0 Å². The third-order valence-corrected chi connectivity index (χ3v) is 3.97. The van der Waals surface area contributed by atoms with Gasteiger partial charge in [0.15, 0.2) is 11.5 Å². The molecule has 1 aromatic rings. The SMILES string of the molecule is C=C1NC(=O)N[C@@H](c2cccc(OC)c2OC)[C@@H]1C(=O)OCCOCC. The van der Waals surface area contributed by atoms with Gasteiger partial charge in [0.05, 0.1) is 26.9 Å². The number of rotatable bonds is 8. The monoisotopic (exact) mass is 364 g/mol. The summed E-state index contributed by atoms with van der Waals surface area (Å²) in [4.78, 5) is 24.6. The maximum atomic E-state index is 12.6.